The Hall–Kier alpha value is -8.09. The van der Waals surface area contributed by atoms with Crippen LogP contribution in [0, 0.1) is 0 Å². The van der Waals surface area contributed by atoms with Crippen molar-refractivity contribution in [2.24, 2.45) is 0 Å². The topological polar surface area (TPSA) is 236 Å². The van der Waals surface area contributed by atoms with Crippen molar-refractivity contribution >= 4 is 52.2 Å². The van der Waals surface area contributed by atoms with Gasteiger partial charge >= 0.3 is 23.9 Å². The molecule has 0 amide bonds. The van der Waals surface area contributed by atoms with E-state index < -0.39 is 106 Å². The van der Waals surface area contributed by atoms with Gasteiger partial charge in [-0.2, -0.15) is 0 Å². The van der Waals surface area contributed by atoms with Gasteiger partial charge in [0.25, 0.3) is 0 Å². The summed E-state index contributed by atoms with van der Waals surface area (Å²) in [6, 6.07) is 32.3. The second-order valence-electron chi connectivity index (χ2n) is 28.6. The number of benzene rings is 5. The van der Waals surface area contributed by atoms with Crippen molar-refractivity contribution in [3.8, 4) is 28.7 Å². The number of carbonyl (C=O) groups is 4. The lowest BCUT2D eigenvalue weighted by Gasteiger charge is -2.25. The second-order valence-corrected chi connectivity index (χ2v) is 39.8. The van der Waals surface area contributed by atoms with E-state index in [0.717, 1.165) is 23.4 Å². The molecule has 2 aliphatic rings. The minimum Gasteiger partial charge on any atom is -0.497 e. The minimum atomic E-state index is -1.48. The molecule has 0 aromatic heterocycles. The van der Waals surface area contributed by atoms with Crippen LogP contribution in [0.25, 0.3) is 12.2 Å². The van der Waals surface area contributed by atoms with E-state index in [-0.39, 0.29) is 92.3 Å². The molecule has 0 radical (unpaired) electrons. The number of carbonyl (C=O) groups excluding carboxylic acids is 4. The molecule has 0 bridgehead atoms. The van der Waals surface area contributed by atoms with Gasteiger partial charge in [-0.3, -0.25) is 0 Å². The maximum Gasteiger partial charge on any atom is 0.342 e. The van der Waals surface area contributed by atoms with Crippen LogP contribution < -0.4 is 23.7 Å². The number of rotatable bonds is 38. The first-order chi connectivity index (χ1) is 49.8. The fraction of sp³-hybridized carbons (Fsp3) is 0.475. The number of hydrogen-bond donors (Lipinski definition) is 1. The number of methoxy groups -OCH3 is 5. The van der Waals surface area contributed by atoms with E-state index in [9.17, 15) is 24.3 Å². The van der Waals surface area contributed by atoms with Crippen molar-refractivity contribution in [2.45, 2.75) is 186 Å². The summed E-state index contributed by atoms with van der Waals surface area (Å²) in [6.07, 6.45) is 2.39. The summed E-state index contributed by atoms with van der Waals surface area (Å²) in [5.41, 5.74) is 2.77. The van der Waals surface area contributed by atoms with Gasteiger partial charge in [-0.15, -0.1) is 0 Å². The molecule has 0 saturated carbocycles. The van der Waals surface area contributed by atoms with Crippen LogP contribution in [0.2, 0.25) is 51.4 Å². The molecule has 5 aromatic rings. The molecule has 7 rings (SSSR count). The number of halogens is 2. The molecule has 6 unspecified atom stereocenters. The van der Waals surface area contributed by atoms with Crippen molar-refractivity contribution in [3.63, 3.8) is 0 Å². The van der Waals surface area contributed by atoms with Crippen molar-refractivity contribution in [1.29, 1.82) is 0 Å². The Labute approximate surface area is 618 Å². The van der Waals surface area contributed by atoms with Crippen molar-refractivity contribution < 1.29 is 109 Å². The number of ether oxygens (including phenoxy) is 16. The van der Waals surface area contributed by atoms with Gasteiger partial charge < -0.3 is 80.9 Å². The third kappa shape index (κ3) is 28.3. The van der Waals surface area contributed by atoms with E-state index in [2.05, 4.69) is 39.3 Å². The van der Waals surface area contributed by atoms with E-state index in [4.69, 9.17) is 75.8 Å². The normalized spacial score (nSPS) is 18.5. The summed E-state index contributed by atoms with van der Waals surface area (Å²) in [7, 11) is 4.63. The zero-order valence-corrected chi connectivity index (χ0v) is 65.6. The molecule has 0 spiro atoms. The molecule has 574 valence electrons. The second kappa shape index (κ2) is 41.1. The van der Waals surface area contributed by atoms with E-state index in [1.165, 1.54) is 47.5 Å². The van der Waals surface area contributed by atoms with Gasteiger partial charge in [-0.25, -0.2) is 28.0 Å². The van der Waals surface area contributed by atoms with Gasteiger partial charge in [-0.05, 0) is 157 Å². The van der Waals surface area contributed by atoms with Crippen LogP contribution in [0.1, 0.15) is 125 Å². The van der Waals surface area contributed by atoms with Gasteiger partial charge in [0.1, 0.15) is 63.7 Å². The number of esters is 4. The predicted molar refractivity (Wildman–Crippen MR) is 401 cm³/mol. The molecule has 25 heteroatoms. The SMILES string of the molecule is COCOc1cc(OC)cc(/C=C/C[C@@H]2OC(C)(C)OC2C(OC(=O)c2ccccc2)/C(F)=C\CC(C)O)c1C(=O)OCC[Si](C)(C)C.COCOc1cc(OC)cc(/C=C/C[C@@H]2OC(C)(C)OC2C(OC(=O)c2ccccc2)/C(F)=C\CC(C)OCc2ccc(OC)cc2)c1C(=O)OCC[Si](C)(C)C. The summed E-state index contributed by atoms with van der Waals surface area (Å²) in [5.74, 6) is -4.21. The third-order valence-electron chi connectivity index (χ3n) is 16.3. The summed E-state index contributed by atoms with van der Waals surface area (Å²) < 4.78 is 124. The first kappa shape index (κ1) is 85.8. The van der Waals surface area contributed by atoms with Crippen LogP contribution in [0.4, 0.5) is 8.78 Å². The summed E-state index contributed by atoms with van der Waals surface area (Å²) in [4.78, 5) is 53.4. The van der Waals surface area contributed by atoms with Crippen LogP contribution in [0.3, 0.4) is 0 Å². The van der Waals surface area contributed by atoms with Crippen molar-refractivity contribution in [2.75, 3.05) is 62.3 Å². The largest absolute Gasteiger partial charge is 0.497 e. The fourth-order valence-corrected chi connectivity index (χ4v) is 12.3. The minimum absolute atomic E-state index is 0.00684. The highest BCUT2D eigenvalue weighted by Crippen LogP contribution is 2.40. The van der Waals surface area contributed by atoms with E-state index in [1.54, 1.807) is 144 Å². The van der Waals surface area contributed by atoms with Gasteiger partial charge in [0.15, 0.2) is 37.4 Å². The highest BCUT2D eigenvalue weighted by atomic mass is 28.3. The summed E-state index contributed by atoms with van der Waals surface area (Å²) in [6.45, 7) is 24.0. The first-order valence-corrected chi connectivity index (χ1v) is 42.4. The molecule has 1 N–H and O–H groups in total. The maximum atomic E-state index is 16.4. The Balaban J connectivity index is 0.000000334. The zero-order valence-electron chi connectivity index (χ0n) is 63.6. The molecule has 2 fully saturated rings. The average molecular weight is 1500 g/mol. The van der Waals surface area contributed by atoms with Gasteiger partial charge in [0.2, 0.25) is 0 Å². The molecule has 105 heavy (non-hydrogen) atoms. The fourth-order valence-electron chi connectivity index (χ4n) is 10.8. The summed E-state index contributed by atoms with van der Waals surface area (Å²) in [5, 5.41) is 9.78. The van der Waals surface area contributed by atoms with E-state index >= 15 is 8.78 Å². The quantitative estimate of drug-likeness (QED) is 0.0167. The molecule has 0 aliphatic carbocycles. The average Bonchev–Trinajstić information content (AvgIpc) is 1.73. The predicted octanol–water partition coefficient (Wildman–Crippen LogP) is 16.1. The molecular formula is C80H106F2O21Si2. The monoisotopic (exact) mass is 1500 g/mol. The van der Waals surface area contributed by atoms with E-state index in [0.29, 0.717) is 29.2 Å². The lowest BCUT2D eigenvalue weighted by atomic mass is 10.0. The van der Waals surface area contributed by atoms with Crippen LogP contribution in [0.15, 0.2) is 145 Å². The van der Waals surface area contributed by atoms with Crippen molar-refractivity contribution in [3.05, 3.63) is 184 Å². The van der Waals surface area contributed by atoms with Gasteiger partial charge in [-0.1, -0.05) is 112 Å². The third-order valence-corrected chi connectivity index (χ3v) is 19.7. The molecule has 5 aromatic carbocycles. The van der Waals surface area contributed by atoms with Crippen LogP contribution in [0.5, 0.6) is 28.7 Å². The Bertz CT molecular complexity index is 3700. The molecule has 2 heterocycles. The molecular weight excluding hydrogens is 1390 g/mol. The standard InChI is InChI=1S/C44H57FO11Si.C36H49FO10Si/c1-30(52-28-31-19-21-34(49-5)22-20-31)18-23-36(45)40(54-42(46)32-14-11-10-12-15-32)41-37(55-44(2,3)56-41)17-13-16-33-26-35(50-6)27-38(53-29-48-4)39(33)43(47)51-24-25-57(7,8)9;1-24(38)17-18-28(37)32(45-34(39)25-13-10-9-11-14-25)33-29(46-36(2,3)47-33)16-12-15-26-21-27(42-5)22-30(44-23-41-4)31(26)35(40)43-19-20-48(6,7)8/h10-16,19-23,26-27,30,37,40-41H,17-18,24-25,28-29H2,1-9H3;9-15,18,21-22,24,29,32-33,38H,16-17,19-20,23H2,1-8H3/b16-13+,36-23+;15-12+,28-18+/t30?,37-,40?,41?;24?,29-,32?,33?/m00/s1. The van der Waals surface area contributed by atoms with Crippen LogP contribution >= 0.6 is 0 Å². The highest BCUT2D eigenvalue weighted by molar-refractivity contribution is 6.76. The molecule has 8 atom stereocenters. The van der Waals surface area contributed by atoms with E-state index in [1.807, 2.05) is 31.2 Å². The van der Waals surface area contributed by atoms with Crippen LogP contribution in [-0.4, -0.2) is 168 Å². The van der Waals surface area contributed by atoms with Crippen LogP contribution in [-0.2, 0) is 58.7 Å². The number of aliphatic hydroxyl groups excluding tert-OH is 1. The van der Waals surface area contributed by atoms with Gasteiger partial charge in [0, 0.05) is 42.5 Å². The molecule has 2 saturated heterocycles. The molecule has 21 nitrogen and oxygen atoms in total. The zero-order chi connectivity index (χ0) is 77.1. The molecule has 2 aliphatic heterocycles. The number of hydrogen-bond acceptors (Lipinski definition) is 21. The van der Waals surface area contributed by atoms with Crippen molar-refractivity contribution in [1.82, 2.24) is 0 Å². The maximum absolute atomic E-state index is 16.4. The Morgan fingerprint density at radius 3 is 1.30 bits per heavy atom. The Morgan fingerprint density at radius 2 is 0.933 bits per heavy atom. The lowest BCUT2D eigenvalue weighted by Crippen LogP contribution is -2.39. The first-order valence-electron chi connectivity index (χ1n) is 35.0. The Kier molecular flexibility index (Phi) is 33.6. The Morgan fingerprint density at radius 1 is 0.533 bits per heavy atom. The lowest BCUT2D eigenvalue weighted by molar-refractivity contribution is -0.154. The smallest absolute Gasteiger partial charge is 0.342 e. The highest BCUT2D eigenvalue weighted by Gasteiger charge is 2.49. The summed E-state index contributed by atoms with van der Waals surface area (Å²) >= 11 is 0. The van der Waals surface area contributed by atoms with Gasteiger partial charge in [0.05, 0.1) is 76.7 Å². The number of aliphatic hydroxyl groups is 1.